The molecule has 4 aromatic carbocycles. The first-order valence-corrected chi connectivity index (χ1v) is 16.8. The third-order valence-corrected chi connectivity index (χ3v) is 9.23. The summed E-state index contributed by atoms with van der Waals surface area (Å²) in [6.45, 7) is 4.96. The van der Waals surface area contributed by atoms with E-state index in [1.54, 1.807) is 24.3 Å². The van der Waals surface area contributed by atoms with E-state index in [9.17, 15) is 19.2 Å². The molecule has 0 atom stereocenters. The number of likely N-dealkylation sites (N-methyl/N-ethyl adjacent to an activating group) is 1. The standard InChI is InChI=1S/C38H42N4O7/c1-39(17-19-41-35(44)29-11-2-7-27-8-3-12-30(33(27)29)36(41)45)15-6-16-40(21-23-48-25-26-49-24-22-43)18-20-42-37(46)31-13-4-9-28-10-5-14-32(34(28)31)38(42)47/h2-5,7-14,43H,6,15-26H2,1H3. The normalized spacial score (nSPS) is 14.4. The molecule has 2 aliphatic rings. The zero-order chi connectivity index (χ0) is 34.3. The van der Waals surface area contributed by atoms with E-state index >= 15 is 0 Å². The molecule has 4 amide bonds. The number of imide groups is 2. The number of amides is 4. The molecule has 49 heavy (non-hydrogen) atoms. The SMILES string of the molecule is CN(CCCN(CCOCCOCCO)CCN1C(=O)c2cccc3cccc(c23)C1=O)CCN1C(=O)c2cccc3cccc(c23)C1=O. The van der Waals surface area contributed by atoms with Gasteiger partial charge < -0.3 is 19.5 Å². The number of hydrogen-bond acceptors (Lipinski definition) is 9. The average molecular weight is 667 g/mol. The highest BCUT2D eigenvalue weighted by Crippen LogP contribution is 2.31. The predicted octanol–water partition coefficient (Wildman–Crippen LogP) is 3.53. The Kier molecular flexibility index (Phi) is 11.1. The number of ether oxygens (including phenoxy) is 2. The molecular formula is C38H42N4O7. The fourth-order valence-corrected chi connectivity index (χ4v) is 6.67. The maximum Gasteiger partial charge on any atom is 0.261 e. The van der Waals surface area contributed by atoms with Gasteiger partial charge in [-0.1, -0.05) is 48.5 Å². The lowest BCUT2D eigenvalue weighted by molar-refractivity contribution is 0.0254. The summed E-state index contributed by atoms with van der Waals surface area (Å²) in [7, 11) is 1.97. The quantitative estimate of drug-likeness (QED) is 0.126. The maximum atomic E-state index is 13.5. The van der Waals surface area contributed by atoms with Crippen molar-refractivity contribution in [2.75, 3.05) is 85.9 Å². The van der Waals surface area contributed by atoms with E-state index in [0.29, 0.717) is 80.2 Å². The first-order valence-electron chi connectivity index (χ1n) is 16.8. The summed E-state index contributed by atoms with van der Waals surface area (Å²) in [5.74, 6) is -1.11. The number of aliphatic hydroxyl groups excluding tert-OH is 1. The van der Waals surface area contributed by atoms with Crippen molar-refractivity contribution in [2.45, 2.75) is 6.42 Å². The summed E-state index contributed by atoms with van der Waals surface area (Å²) in [6, 6.07) is 22.1. The molecule has 0 aliphatic carbocycles. The summed E-state index contributed by atoms with van der Waals surface area (Å²) in [5.41, 5.74) is 2.19. The van der Waals surface area contributed by atoms with Gasteiger partial charge in [-0.3, -0.25) is 33.9 Å². The van der Waals surface area contributed by atoms with Crippen molar-refractivity contribution in [3.63, 3.8) is 0 Å². The van der Waals surface area contributed by atoms with Crippen LogP contribution in [-0.2, 0) is 9.47 Å². The van der Waals surface area contributed by atoms with Gasteiger partial charge in [0.25, 0.3) is 23.6 Å². The van der Waals surface area contributed by atoms with Gasteiger partial charge in [0.1, 0.15) is 0 Å². The summed E-state index contributed by atoms with van der Waals surface area (Å²) in [4.78, 5) is 60.5. The molecule has 0 bridgehead atoms. The van der Waals surface area contributed by atoms with E-state index in [0.717, 1.165) is 22.6 Å². The molecule has 0 spiro atoms. The van der Waals surface area contributed by atoms with Crippen LogP contribution in [0.1, 0.15) is 47.9 Å². The summed E-state index contributed by atoms with van der Waals surface area (Å²) >= 11 is 0. The lowest BCUT2D eigenvalue weighted by atomic mass is 9.94. The highest BCUT2D eigenvalue weighted by Gasteiger charge is 2.34. The van der Waals surface area contributed by atoms with Crippen LogP contribution in [0.2, 0.25) is 0 Å². The molecule has 0 saturated carbocycles. The fraction of sp³-hybridized carbons (Fsp3) is 0.368. The number of aliphatic hydroxyl groups is 1. The minimum atomic E-state index is -0.285. The van der Waals surface area contributed by atoms with Crippen molar-refractivity contribution >= 4 is 45.2 Å². The molecule has 6 rings (SSSR count). The molecule has 11 heteroatoms. The lowest BCUT2D eigenvalue weighted by Crippen LogP contribution is -2.45. The van der Waals surface area contributed by atoms with E-state index in [1.807, 2.05) is 55.6 Å². The first-order chi connectivity index (χ1) is 23.9. The van der Waals surface area contributed by atoms with Crippen molar-refractivity contribution < 1.29 is 33.8 Å². The van der Waals surface area contributed by atoms with E-state index in [1.165, 1.54) is 9.80 Å². The van der Waals surface area contributed by atoms with Crippen molar-refractivity contribution in [2.24, 2.45) is 0 Å². The maximum absolute atomic E-state index is 13.5. The van der Waals surface area contributed by atoms with Crippen molar-refractivity contribution in [3.8, 4) is 0 Å². The van der Waals surface area contributed by atoms with E-state index < -0.39 is 0 Å². The second kappa shape index (κ2) is 15.8. The van der Waals surface area contributed by atoms with Gasteiger partial charge in [0, 0.05) is 65.8 Å². The van der Waals surface area contributed by atoms with Gasteiger partial charge in [0.15, 0.2) is 0 Å². The van der Waals surface area contributed by atoms with Crippen LogP contribution in [0.5, 0.6) is 0 Å². The summed E-state index contributed by atoms with van der Waals surface area (Å²) in [5, 5.41) is 12.1. The smallest absolute Gasteiger partial charge is 0.261 e. The predicted molar refractivity (Wildman–Crippen MR) is 186 cm³/mol. The van der Waals surface area contributed by atoms with Crippen LogP contribution in [-0.4, -0.2) is 134 Å². The third-order valence-electron chi connectivity index (χ3n) is 9.23. The minimum Gasteiger partial charge on any atom is -0.394 e. The van der Waals surface area contributed by atoms with Gasteiger partial charge in [-0.15, -0.1) is 0 Å². The van der Waals surface area contributed by atoms with Crippen LogP contribution in [0.3, 0.4) is 0 Å². The summed E-state index contributed by atoms with van der Waals surface area (Å²) < 4.78 is 11.0. The molecule has 11 nitrogen and oxygen atoms in total. The molecule has 4 aromatic rings. The lowest BCUT2D eigenvalue weighted by Gasteiger charge is -2.31. The monoisotopic (exact) mass is 666 g/mol. The molecule has 256 valence electrons. The second-order valence-corrected chi connectivity index (χ2v) is 12.4. The number of carbonyl (C=O) groups is 4. The molecule has 1 N–H and O–H groups in total. The van der Waals surface area contributed by atoms with Crippen LogP contribution >= 0.6 is 0 Å². The van der Waals surface area contributed by atoms with Crippen LogP contribution in [0.4, 0.5) is 0 Å². The van der Waals surface area contributed by atoms with Gasteiger partial charge in [0.05, 0.1) is 33.0 Å². The number of benzene rings is 4. The molecular weight excluding hydrogens is 624 g/mol. The number of carbonyl (C=O) groups excluding carboxylic acids is 4. The average Bonchev–Trinajstić information content (AvgIpc) is 3.11. The highest BCUT2D eigenvalue weighted by atomic mass is 16.5. The highest BCUT2D eigenvalue weighted by molar-refractivity contribution is 6.26. The van der Waals surface area contributed by atoms with Crippen molar-refractivity contribution in [1.29, 1.82) is 0 Å². The van der Waals surface area contributed by atoms with Crippen LogP contribution in [0.15, 0.2) is 72.8 Å². The van der Waals surface area contributed by atoms with Crippen LogP contribution in [0.25, 0.3) is 21.5 Å². The Morgan fingerprint density at radius 3 is 1.47 bits per heavy atom. The Morgan fingerprint density at radius 2 is 1.00 bits per heavy atom. The molecule has 0 unspecified atom stereocenters. The molecule has 0 saturated heterocycles. The molecule has 0 aromatic heterocycles. The van der Waals surface area contributed by atoms with Crippen molar-refractivity contribution in [3.05, 3.63) is 95.1 Å². The summed E-state index contributed by atoms with van der Waals surface area (Å²) in [6.07, 6.45) is 0.782. The Bertz CT molecular complexity index is 1760. The van der Waals surface area contributed by atoms with Gasteiger partial charge in [-0.2, -0.15) is 0 Å². The number of nitrogens with zero attached hydrogens (tertiary/aromatic N) is 4. The van der Waals surface area contributed by atoms with Gasteiger partial charge in [-0.05, 0) is 61.6 Å². The first kappa shape index (κ1) is 34.3. The minimum absolute atomic E-state index is 0.0374. The van der Waals surface area contributed by atoms with Crippen LogP contribution in [0, 0.1) is 0 Å². The van der Waals surface area contributed by atoms with Crippen molar-refractivity contribution in [1.82, 2.24) is 19.6 Å². The Morgan fingerprint density at radius 1 is 0.551 bits per heavy atom. The third kappa shape index (κ3) is 7.41. The van der Waals surface area contributed by atoms with Crippen LogP contribution < -0.4 is 0 Å². The van der Waals surface area contributed by atoms with E-state index in [2.05, 4.69) is 9.80 Å². The second-order valence-electron chi connectivity index (χ2n) is 12.4. The Labute approximate surface area is 285 Å². The molecule has 0 radical (unpaired) electrons. The zero-order valence-electron chi connectivity index (χ0n) is 27.8. The van der Waals surface area contributed by atoms with Gasteiger partial charge in [0.2, 0.25) is 0 Å². The number of hydrogen-bond donors (Lipinski definition) is 1. The molecule has 2 heterocycles. The largest absolute Gasteiger partial charge is 0.394 e. The van der Waals surface area contributed by atoms with E-state index in [-0.39, 0.29) is 49.9 Å². The Hall–Kier alpha value is -4.52. The fourth-order valence-electron chi connectivity index (χ4n) is 6.67. The van der Waals surface area contributed by atoms with E-state index in [4.69, 9.17) is 14.6 Å². The topological polar surface area (TPSA) is 120 Å². The molecule has 2 aliphatic heterocycles. The zero-order valence-corrected chi connectivity index (χ0v) is 27.8. The Balaban J connectivity index is 1.03. The molecule has 0 fully saturated rings. The number of rotatable bonds is 18. The van der Waals surface area contributed by atoms with Gasteiger partial charge >= 0.3 is 0 Å². The van der Waals surface area contributed by atoms with Gasteiger partial charge in [-0.25, -0.2) is 0 Å².